The predicted molar refractivity (Wildman–Crippen MR) is 136 cm³/mol. The van der Waals surface area contributed by atoms with Crippen molar-refractivity contribution in [1.29, 1.82) is 0 Å². The predicted octanol–water partition coefficient (Wildman–Crippen LogP) is 2.79. The van der Waals surface area contributed by atoms with Gasteiger partial charge < -0.3 is 16.0 Å². The van der Waals surface area contributed by atoms with Gasteiger partial charge in [0.1, 0.15) is 11.9 Å². The zero-order chi connectivity index (χ0) is 26.6. The van der Waals surface area contributed by atoms with Crippen molar-refractivity contribution in [2.24, 2.45) is 0 Å². The van der Waals surface area contributed by atoms with Crippen LogP contribution in [0.15, 0.2) is 53.4 Å². The number of sulfonamides is 1. The fraction of sp³-hybridized carbons (Fsp3) is 0.423. The number of anilines is 1. The molecule has 198 valence electrons. The van der Waals surface area contributed by atoms with Crippen molar-refractivity contribution in [3.63, 3.8) is 0 Å². The molecule has 37 heavy (non-hydrogen) atoms. The minimum Gasteiger partial charge on any atom is -0.350 e. The quantitative estimate of drug-likeness (QED) is 0.508. The average molecular weight is 531 g/mol. The summed E-state index contributed by atoms with van der Waals surface area (Å²) < 4.78 is 41.1. The summed E-state index contributed by atoms with van der Waals surface area (Å²) in [6.45, 7) is 1.59. The number of nitrogens with zero attached hydrogens (tertiary/aromatic N) is 1. The van der Waals surface area contributed by atoms with Gasteiger partial charge in [-0.05, 0) is 74.2 Å². The average Bonchev–Trinajstić information content (AvgIpc) is 3.37. The van der Waals surface area contributed by atoms with Crippen molar-refractivity contribution in [3.05, 3.63) is 59.9 Å². The Balaban J connectivity index is 1.43. The summed E-state index contributed by atoms with van der Waals surface area (Å²) in [6, 6.07) is 9.59. The number of hydrogen-bond acceptors (Lipinski definition) is 5. The van der Waals surface area contributed by atoms with Gasteiger partial charge in [-0.2, -0.15) is 4.31 Å². The van der Waals surface area contributed by atoms with Gasteiger partial charge in [-0.1, -0.05) is 12.8 Å². The third kappa shape index (κ3) is 6.34. The van der Waals surface area contributed by atoms with Crippen LogP contribution in [0.5, 0.6) is 0 Å². The van der Waals surface area contributed by atoms with Crippen molar-refractivity contribution in [2.45, 2.75) is 68.5 Å². The lowest BCUT2D eigenvalue weighted by molar-refractivity contribution is -0.125. The van der Waals surface area contributed by atoms with E-state index in [0.717, 1.165) is 12.8 Å². The molecule has 1 unspecified atom stereocenters. The van der Waals surface area contributed by atoms with Crippen LogP contribution < -0.4 is 16.0 Å². The molecule has 1 saturated heterocycles. The highest BCUT2D eigenvalue weighted by Crippen LogP contribution is 2.28. The summed E-state index contributed by atoms with van der Waals surface area (Å²) in [6.07, 6.45) is 4.04. The molecular formula is C26H31FN4O5S. The molecule has 0 bridgehead atoms. The molecule has 1 aliphatic heterocycles. The van der Waals surface area contributed by atoms with Gasteiger partial charge in [-0.15, -0.1) is 0 Å². The van der Waals surface area contributed by atoms with Gasteiger partial charge in [-0.25, -0.2) is 12.8 Å². The number of carbonyl (C=O) groups is 3. The second-order valence-electron chi connectivity index (χ2n) is 9.47. The lowest BCUT2D eigenvalue weighted by atomic mass is 9.89. The van der Waals surface area contributed by atoms with Crippen LogP contribution in [0.2, 0.25) is 0 Å². The van der Waals surface area contributed by atoms with E-state index in [1.165, 1.54) is 59.8 Å². The van der Waals surface area contributed by atoms with Crippen molar-refractivity contribution in [1.82, 2.24) is 14.9 Å². The summed E-state index contributed by atoms with van der Waals surface area (Å²) >= 11 is 0. The molecule has 9 nitrogen and oxygen atoms in total. The van der Waals surface area contributed by atoms with Crippen molar-refractivity contribution in [3.8, 4) is 0 Å². The van der Waals surface area contributed by atoms with Gasteiger partial charge >= 0.3 is 0 Å². The molecule has 0 radical (unpaired) electrons. The maximum absolute atomic E-state index is 13.3. The van der Waals surface area contributed by atoms with Gasteiger partial charge in [0.25, 0.3) is 5.91 Å². The molecule has 3 atom stereocenters. The zero-order valence-corrected chi connectivity index (χ0v) is 21.4. The van der Waals surface area contributed by atoms with E-state index in [0.29, 0.717) is 36.9 Å². The fourth-order valence-corrected chi connectivity index (χ4v) is 6.60. The molecule has 1 saturated carbocycles. The van der Waals surface area contributed by atoms with Gasteiger partial charge in [0.05, 0.1) is 4.90 Å². The minimum atomic E-state index is -3.93. The molecule has 1 heterocycles. The monoisotopic (exact) mass is 530 g/mol. The first-order valence-corrected chi connectivity index (χ1v) is 13.9. The topological polar surface area (TPSA) is 125 Å². The van der Waals surface area contributed by atoms with Crippen LogP contribution in [-0.2, 0) is 19.6 Å². The van der Waals surface area contributed by atoms with Crippen molar-refractivity contribution in [2.75, 3.05) is 11.9 Å². The van der Waals surface area contributed by atoms with Crippen molar-refractivity contribution >= 4 is 33.4 Å². The first-order valence-electron chi connectivity index (χ1n) is 12.4. The van der Waals surface area contributed by atoms with Crippen LogP contribution in [0, 0.1) is 5.82 Å². The standard InChI is InChI=1S/C26H31FN4O5S/c1-17(32)28-20-12-14-21(15-13-20)37(35,36)31-16-4-7-24(31)26(34)30-23-6-3-2-5-22(23)29-25(33)18-8-10-19(27)11-9-18/h8-15,22-24H,2-7,16H2,1H3,(H,28,32)(H,29,33)(H,30,34)/t22-,23?,24-/m1/s1. The van der Waals surface area contributed by atoms with E-state index >= 15 is 0 Å². The van der Waals surface area contributed by atoms with Crippen LogP contribution in [0.3, 0.4) is 0 Å². The van der Waals surface area contributed by atoms with Crippen LogP contribution in [0.25, 0.3) is 0 Å². The van der Waals surface area contributed by atoms with E-state index in [4.69, 9.17) is 0 Å². The zero-order valence-electron chi connectivity index (χ0n) is 20.6. The number of amides is 3. The number of halogens is 1. The molecule has 2 aromatic carbocycles. The summed E-state index contributed by atoms with van der Waals surface area (Å²) in [5, 5.41) is 8.54. The Labute approximate surface area is 215 Å². The molecule has 11 heteroatoms. The Hall–Kier alpha value is -3.31. The molecule has 4 rings (SSSR count). The van der Waals surface area contributed by atoms with Gasteiger partial charge in [0, 0.05) is 36.8 Å². The Bertz CT molecular complexity index is 1250. The third-order valence-electron chi connectivity index (χ3n) is 6.80. The summed E-state index contributed by atoms with van der Waals surface area (Å²) in [5.41, 5.74) is 0.808. The highest BCUT2D eigenvalue weighted by atomic mass is 32.2. The summed E-state index contributed by atoms with van der Waals surface area (Å²) in [7, 11) is -3.93. The largest absolute Gasteiger partial charge is 0.350 e. The molecule has 2 fully saturated rings. The third-order valence-corrected chi connectivity index (χ3v) is 8.73. The van der Waals surface area contributed by atoms with Crippen LogP contribution in [0.4, 0.5) is 10.1 Å². The maximum atomic E-state index is 13.3. The number of hydrogen-bond donors (Lipinski definition) is 3. The van der Waals surface area contributed by atoms with E-state index in [2.05, 4.69) is 16.0 Å². The Morgan fingerprint density at radius 3 is 2.11 bits per heavy atom. The number of rotatable bonds is 7. The molecule has 3 amide bonds. The second kappa shape index (κ2) is 11.4. The fourth-order valence-electron chi connectivity index (χ4n) is 4.95. The number of carbonyl (C=O) groups excluding carboxylic acids is 3. The Kier molecular flexibility index (Phi) is 8.23. The van der Waals surface area contributed by atoms with E-state index in [9.17, 15) is 27.2 Å². The number of benzene rings is 2. The van der Waals surface area contributed by atoms with E-state index in [1.807, 2.05) is 0 Å². The summed E-state index contributed by atoms with van der Waals surface area (Å²) in [5.74, 6) is -1.43. The highest BCUT2D eigenvalue weighted by Gasteiger charge is 2.41. The SMILES string of the molecule is CC(=O)Nc1ccc(S(=O)(=O)N2CCC[C@@H]2C(=O)NC2CCCC[C@H]2NC(=O)c2ccc(F)cc2)cc1. The van der Waals surface area contributed by atoms with Crippen LogP contribution in [0.1, 0.15) is 55.8 Å². The first-order chi connectivity index (χ1) is 17.6. The Morgan fingerprint density at radius 1 is 0.865 bits per heavy atom. The lowest BCUT2D eigenvalue weighted by Crippen LogP contribution is -2.56. The van der Waals surface area contributed by atoms with Gasteiger partial charge in [0.15, 0.2) is 0 Å². The molecule has 2 aliphatic rings. The summed E-state index contributed by atoms with van der Waals surface area (Å²) in [4.78, 5) is 37.3. The molecular weight excluding hydrogens is 499 g/mol. The molecule has 2 aromatic rings. The van der Waals surface area contributed by atoms with E-state index < -0.39 is 21.9 Å². The van der Waals surface area contributed by atoms with Crippen LogP contribution >= 0.6 is 0 Å². The van der Waals surface area contributed by atoms with Gasteiger partial charge in [-0.3, -0.25) is 14.4 Å². The second-order valence-corrected chi connectivity index (χ2v) is 11.4. The maximum Gasteiger partial charge on any atom is 0.251 e. The smallest absolute Gasteiger partial charge is 0.251 e. The molecule has 0 spiro atoms. The van der Waals surface area contributed by atoms with E-state index in [-0.39, 0.29) is 41.2 Å². The highest BCUT2D eigenvalue weighted by molar-refractivity contribution is 7.89. The first kappa shape index (κ1) is 26.7. The lowest BCUT2D eigenvalue weighted by Gasteiger charge is -2.34. The van der Waals surface area contributed by atoms with Crippen molar-refractivity contribution < 1.29 is 27.2 Å². The normalized spacial score (nSPS) is 22.3. The minimum absolute atomic E-state index is 0.0448. The van der Waals surface area contributed by atoms with E-state index in [1.54, 1.807) is 0 Å². The van der Waals surface area contributed by atoms with Gasteiger partial charge in [0.2, 0.25) is 21.8 Å². The molecule has 0 aromatic heterocycles. The Morgan fingerprint density at radius 2 is 1.49 bits per heavy atom. The van der Waals surface area contributed by atoms with Crippen LogP contribution in [-0.4, -0.2) is 55.1 Å². The molecule has 1 aliphatic carbocycles. The number of nitrogens with one attached hydrogen (secondary N) is 3. The molecule has 3 N–H and O–H groups in total.